The van der Waals surface area contributed by atoms with Gasteiger partial charge in [0.05, 0.1) is 5.56 Å². The van der Waals surface area contributed by atoms with Gasteiger partial charge in [-0.25, -0.2) is 0 Å². The Morgan fingerprint density at radius 2 is 2.24 bits per heavy atom. The van der Waals surface area contributed by atoms with Crippen LogP contribution in [0.5, 0.6) is 5.75 Å². The second-order valence-corrected chi connectivity index (χ2v) is 4.70. The number of thioether (sulfide) groups is 1. The van der Waals surface area contributed by atoms with Gasteiger partial charge in [-0.1, -0.05) is 36.0 Å². The molecule has 0 aliphatic carbocycles. The van der Waals surface area contributed by atoms with Crippen molar-refractivity contribution in [3.63, 3.8) is 0 Å². The van der Waals surface area contributed by atoms with E-state index < -0.39 is 0 Å². The Morgan fingerprint density at radius 3 is 2.88 bits per heavy atom. The number of allylic oxidation sites excluding steroid dienone is 1. The predicted octanol–water partition coefficient (Wildman–Crippen LogP) is 2.89. The zero-order valence-corrected chi connectivity index (χ0v) is 10.4. The molecule has 1 aromatic carbocycles. The Morgan fingerprint density at radius 1 is 1.47 bits per heavy atom. The van der Waals surface area contributed by atoms with Gasteiger partial charge >= 0.3 is 0 Å². The Balaban J connectivity index is 2.62. The SMILES string of the molecule is CC(=O)SCCC=Cc1cccc(O)c1C=O. The molecule has 4 heteroatoms. The number of benzene rings is 1. The summed E-state index contributed by atoms with van der Waals surface area (Å²) >= 11 is 1.27. The Labute approximate surface area is 105 Å². The third-order valence-corrected chi connectivity index (χ3v) is 2.97. The Bertz CT molecular complexity index is 438. The maximum Gasteiger partial charge on any atom is 0.185 e. The van der Waals surface area contributed by atoms with Crippen LogP contribution in [0.25, 0.3) is 6.08 Å². The Kier molecular flexibility index (Phi) is 5.49. The van der Waals surface area contributed by atoms with Gasteiger partial charge in [0.2, 0.25) is 0 Å². The second kappa shape index (κ2) is 6.91. The van der Waals surface area contributed by atoms with Crippen molar-refractivity contribution in [2.24, 2.45) is 0 Å². The van der Waals surface area contributed by atoms with Crippen molar-refractivity contribution >= 4 is 29.2 Å². The molecular weight excluding hydrogens is 236 g/mol. The molecule has 3 nitrogen and oxygen atoms in total. The molecule has 0 saturated heterocycles. The number of hydrogen-bond acceptors (Lipinski definition) is 4. The first-order valence-electron chi connectivity index (χ1n) is 5.22. The van der Waals surface area contributed by atoms with Gasteiger partial charge in [0.1, 0.15) is 5.75 Å². The van der Waals surface area contributed by atoms with Crippen LogP contribution in [0, 0.1) is 0 Å². The average molecular weight is 250 g/mol. The molecule has 0 fully saturated rings. The van der Waals surface area contributed by atoms with Crippen LogP contribution < -0.4 is 0 Å². The molecule has 0 aliphatic rings. The molecule has 0 radical (unpaired) electrons. The lowest BCUT2D eigenvalue weighted by molar-refractivity contribution is -0.109. The summed E-state index contributed by atoms with van der Waals surface area (Å²) in [7, 11) is 0. The minimum Gasteiger partial charge on any atom is -0.507 e. The number of aromatic hydroxyl groups is 1. The highest BCUT2D eigenvalue weighted by atomic mass is 32.2. The molecule has 0 saturated carbocycles. The van der Waals surface area contributed by atoms with Gasteiger partial charge < -0.3 is 5.11 Å². The van der Waals surface area contributed by atoms with Crippen molar-refractivity contribution in [1.82, 2.24) is 0 Å². The summed E-state index contributed by atoms with van der Waals surface area (Å²) in [6.45, 7) is 1.54. The van der Waals surface area contributed by atoms with Crippen molar-refractivity contribution in [3.05, 3.63) is 35.4 Å². The van der Waals surface area contributed by atoms with E-state index in [-0.39, 0.29) is 10.9 Å². The fourth-order valence-corrected chi connectivity index (χ4v) is 1.87. The van der Waals surface area contributed by atoms with E-state index >= 15 is 0 Å². The first-order valence-corrected chi connectivity index (χ1v) is 6.20. The molecule has 0 aliphatic heterocycles. The number of phenolic OH excluding ortho intramolecular Hbond substituents is 1. The summed E-state index contributed by atoms with van der Waals surface area (Å²) in [5.41, 5.74) is 0.982. The smallest absolute Gasteiger partial charge is 0.185 e. The third-order valence-electron chi connectivity index (χ3n) is 2.12. The van der Waals surface area contributed by atoms with E-state index in [1.807, 2.05) is 6.08 Å². The molecule has 1 aromatic rings. The lowest BCUT2D eigenvalue weighted by atomic mass is 10.1. The van der Waals surface area contributed by atoms with Crippen molar-refractivity contribution in [2.45, 2.75) is 13.3 Å². The van der Waals surface area contributed by atoms with E-state index in [0.717, 1.165) is 12.2 Å². The second-order valence-electron chi connectivity index (χ2n) is 3.43. The first kappa shape index (κ1) is 13.5. The van der Waals surface area contributed by atoms with Gasteiger partial charge in [0.25, 0.3) is 0 Å². The van der Waals surface area contributed by atoms with Gasteiger partial charge in [0.15, 0.2) is 11.4 Å². The van der Waals surface area contributed by atoms with Gasteiger partial charge in [-0.3, -0.25) is 9.59 Å². The van der Waals surface area contributed by atoms with Crippen LogP contribution in [0.2, 0.25) is 0 Å². The van der Waals surface area contributed by atoms with Crippen molar-refractivity contribution in [2.75, 3.05) is 5.75 Å². The summed E-state index contributed by atoms with van der Waals surface area (Å²) in [4.78, 5) is 21.5. The molecule has 1 rings (SSSR count). The van der Waals surface area contributed by atoms with E-state index in [9.17, 15) is 14.7 Å². The highest BCUT2D eigenvalue weighted by Gasteiger charge is 2.03. The molecule has 17 heavy (non-hydrogen) atoms. The molecule has 0 aromatic heterocycles. The predicted molar refractivity (Wildman–Crippen MR) is 70.3 cm³/mol. The number of aldehydes is 1. The number of carbonyl (C=O) groups is 2. The Hall–Kier alpha value is -1.55. The largest absolute Gasteiger partial charge is 0.507 e. The normalized spacial score (nSPS) is 10.6. The maximum absolute atomic E-state index is 10.8. The van der Waals surface area contributed by atoms with E-state index in [4.69, 9.17) is 0 Å². The van der Waals surface area contributed by atoms with Crippen LogP contribution >= 0.6 is 11.8 Å². The fraction of sp³-hybridized carbons (Fsp3) is 0.231. The van der Waals surface area contributed by atoms with Gasteiger partial charge in [0, 0.05) is 12.7 Å². The van der Waals surface area contributed by atoms with E-state index in [1.54, 1.807) is 18.2 Å². The summed E-state index contributed by atoms with van der Waals surface area (Å²) in [6, 6.07) is 4.93. The van der Waals surface area contributed by atoms with Crippen LogP contribution in [0.1, 0.15) is 29.3 Å². The zero-order valence-electron chi connectivity index (χ0n) is 9.55. The van der Waals surface area contributed by atoms with Crippen LogP contribution in [0.3, 0.4) is 0 Å². The highest BCUT2D eigenvalue weighted by Crippen LogP contribution is 2.20. The molecule has 0 heterocycles. The van der Waals surface area contributed by atoms with E-state index in [0.29, 0.717) is 17.4 Å². The topological polar surface area (TPSA) is 54.4 Å². The summed E-state index contributed by atoms with van der Waals surface area (Å²) in [5, 5.41) is 9.55. The molecule has 1 N–H and O–H groups in total. The lowest BCUT2D eigenvalue weighted by Gasteiger charge is -2.01. The van der Waals surface area contributed by atoms with E-state index in [2.05, 4.69) is 0 Å². The van der Waals surface area contributed by atoms with Crippen LogP contribution in [-0.4, -0.2) is 22.3 Å². The average Bonchev–Trinajstić information content (AvgIpc) is 2.28. The molecular formula is C13H14O3S. The standard InChI is InChI=1S/C13H14O3S/c1-10(15)17-8-3-2-5-11-6-4-7-13(16)12(11)9-14/h2,4-7,9,16H,3,8H2,1H3. The highest BCUT2D eigenvalue weighted by molar-refractivity contribution is 8.13. The molecule has 0 unspecified atom stereocenters. The number of rotatable bonds is 5. The van der Waals surface area contributed by atoms with E-state index in [1.165, 1.54) is 24.8 Å². The minimum atomic E-state index is -0.0136. The monoisotopic (exact) mass is 250 g/mol. The number of phenols is 1. The van der Waals surface area contributed by atoms with Crippen LogP contribution in [-0.2, 0) is 4.79 Å². The van der Waals surface area contributed by atoms with Gasteiger partial charge in [-0.2, -0.15) is 0 Å². The number of hydrogen-bond donors (Lipinski definition) is 1. The summed E-state index contributed by atoms with van der Waals surface area (Å²) in [6.07, 6.45) is 5.05. The fourth-order valence-electron chi connectivity index (χ4n) is 1.33. The number of carbonyl (C=O) groups excluding carboxylic acids is 2. The quantitative estimate of drug-likeness (QED) is 0.645. The molecule has 0 amide bonds. The zero-order chi connectivity index (χ0) is 12.7. The van der Waals surface area contributed by atoms with Gasteiger partial charge in [-0.05, 0) is 18.1 Å². The molecule has 90 valence electrons. The third kappa shape index (κ3) is 4.44. The molecule has 0 bridgehead atoms. The van der Waals surface area contributed by atoms with Crippen molar-refractivity contribution in [3.8, 4) is 5.75 Å². The summed E-state index contributed by atoms with van der Waals surface area (Å²) < 4.78 is 0. The minimum absolute atomic E-state index is 0.0136. The summed E-state index contributed by atoms with van der Waals surface area (Å²) in [5.74, 6) is 0.710. The molecule has 0 spiro atoms. The maximum atomic E-state index is 10.8. The first-order chi connectivity index (χ1) is 8.15. The lowest BCUT2D eigenvalue weighted by Crippen LogP contribution is -1.87. The van der Waals surface area contributed by atoms with Crippen LogP contribution in [0.15, 0.2) is 24.3 Å². The van der Waals surface area contributed by atoms with Crippen molar-refractivity contribution in [1.29, 1.82) is 0 Å². The molecule has 0 atom stereocenters. The van der Waals surface area contributed by atoms with Gasteiger partial charge in [-0.15, -0.1) is 0 Å². The van der Waals surface area contributed by atoms with Crippen molar-refractivity contribution < 1.29 is 14.7 Å². The van der Waals surface area contributed by atoms with Crippen LogP contribution in [0.4, 0.5) is 0 Å².